The van der Waals surface area contributed by atoms with Crippen molar-refractivity contribution < 1.29 is 13.2 Å². The summed E-state index contributed by atoms with van der Waals surface area (Å²) >= 11 is 2.95. The van der Waals surface area contributed by atoms with E-state index in [0.29, 0.717) is 13.0 Å². The third kappa shape index (κ3) is 4.86. The van der Waals surface area contributed by atoms with Crippen molar-refractivity contribution in [1.29, 1.82) is 0 Å². The number of carbonyl (C=O) groups is 1. The normalized spacial score (nSPS) is 18.7. The quantitative estimate of drug-likeness (QED) is 0.655. The number of thioether (sulfide) groups is 1. The van der Waals surface area contributed by atoms with Gasteiger partial charge in [0.15, 0.2) is 14.2 Å². The SMILES string of the molecule is CCCN(C(=O)CSc1nc(-c2ccccc2)cs1)[C@@H]1CCS(=O)(=O)C1. The van der Waals surface area contributed by atoms with Gasteiger partial charge in [-0.1, -0.05) is 49.0 Å². The molecule has 0 bridgehead atoms. The Morgan fingerprint density at radius 1 is 1.35 bits per heavy atom. The lowest BCUT2D eigenvalue weighted by atomic mass is 10.2. The van der Waals surface area contributed by atoms with Gasteiger partial charge in [0.05, 0.1) is 23.0 Å². The molecule has 2 aromatic rings. The minimum absolute atomic E-state index is 0.00425. The van der Waals surface area contributed by atoms with Crippen LogP contribution in [-0.4, -0.2) is 54.1 Å². The van der Waals surface area contributed by atoms with E-state index in [0.717, 1.165) is 22.0 Å². The number of aromatic nitrogens is 1. The van der Waals surface area contributed by atoms with Crippen LogP contribution >= 0.6 is 23.1 Å². The highest BCUT2D eigenvalue weighted by atomic mass is 32.2. The summed E-state index contributed by atoms with van der Waals surface area (Å²) in [4.78, 5) is 19.0. The first-order valence-corrected chi connectivity index (χ1v) is 12.3. The lowest BCUT2D eigenvalue weighted by molar-refractivity contribution is -0.130. The molecule has 1 aliphatic rings. The molecule has 1 amide bonds. The van der Waals surface area contributed by atoms with E-state index in [2.05, 4.69) is 4.98 Å². The van der Waals surface area contributed by atoms with Gasteiger partial charge in [-0.15, -0.1) is 11.3 Å². The fourth-order valence-corrected chi connectivity index (χ4v) is 6.50. The second kappa shape index (κ2) is 8.54. The number of hydrogen-bond donors (Lipinski definition) is 0. The summed E-state index contributed by atoms with van der Waals surface area (Å²) in [5.74, 6) is 0.568. The lowest BCUT2D eigenvalue weighted by Crippen LogP contribution is -2.42. The van der Waals surface area contributed by atoms with Gasteiger partial charge < -0.3 is 4.90 Å². The van der Waals surface area contributed by atoms with Crippen LogP contribution in [0.3, 0.4) is 0 Å². The molecule has 0 unspecified atom stereocenters. The Morgan fingerprint density at radius 2 is 2.12 bits per heavy atom. The van der Waals surface area contributed by atoms with E-state index < -0.39 is 9.84 Å². The molecule has 140 valence electrons. The van der Waals surface area contributed by atoms with E-state index in [1.54, 1.807) is 4.90 Å². The van der Waals surface area contributed by atoms with Crippen LogP contribution in [-0.2, 0) is 14.6 Å². The number of benzene rings is 1. The fourth-order valence-electron chi connectivity index (χ4n) is 3.04. The van der Waals surface area contributed by atoms with Gasteiger partial charge in [-0.25, -0.2) is 13.4 Å². The van der Waals surface area contributed by atoms with Crippen molar-refractivity contribution in [3.8, 4) is 11.3 Å². The predicted molar refractivity (Wildman–Crippen MR) is 107 cm³/mol. The summed E-state index contributed by atoms with van der Waals surface area (Å²) in [5.41, 5.74) is 1.98. The summed E-state index contributed by atoms with van der Waals surface area (Å²) in [7, 11) is -3.00. The van der Waals surface area contributed by atoms with Crippen LogP contribution in [0.4, 0.5) is 0 Å². The average molecular weight is 411 g/mol. The molecule has 0 saturated carbocycles. The van der Waals surface area contributed by atoms with Crippen molar-refractivity contribution in [1.82, 2.24) is 9.88 Å². The Balaban J connectivity index is 1.61. The Kier molecular flexibility index (Phi) is 6.37. The standard InChI is InChI=1S/C18H22N2O3S3/c1-2-9-20(15-8-10-26(22,23)13-15)17(21)12-25-18-19-16(11-24-18)14-6-4-3-5-7-14/h3-7,11,15H,2,8-10,12-13H2,1H3/t15-/m1/s1. The predicted octanol–water partition coefficient (Wildman–Crippen LogP) is 3.33. The average Bonchev–Trinajstić information content (AvgIpc) is 3.24. The van der Waals surface area contributed by atoms with Crippen molar-refractivity contribution in [2.75, 3.05) is 23.8 Å². The summed E-state index contributed by atoms with van der Waals surface area (Å²) < 4.78 is 24.3. The van der Waals surface area contributed by atoms with E-state index in [9.17, 15) is 13.2 Å². The highest BCUT2D eigenvalue weighted by Gasteiger charge is 2.34. The number of hydrogen-bond acceptors (Lipinski definition) is 6. The van der Waals surface area contributed by atoms with Crippen LogP contribution in [0.15, 0.2) is 40.1 Å². The monoisotopic (exact) mass is 410 g/mol. The minimum atomic E-state index is -3.00. The van der Waals surface area contributed by atoms with Crippen LogP contribution in [0.5, 0.6) is 0 Å². The molecule has 1 atom stereocenters. The van der Waals surface area contributed by atoms with Crippen molar-refractivity contribution in [2.45, 2.75) is 30.1 Å². The molecule has 0 aliphatic carbocycles. The van der Waals surface area contributed by atoms with Crippen molar-refractivity contribution >= 4 is 38.8 Å². The zero-order valence-electron chi connectivity index (χ0n) is 14.6. The zero-order valence-corrected chi connectivity index (χ0v) is 17.1. The number of nitrogens with zero attached hydrogens (tertiary/aromatic N) is 2. The maximum atomic E-state index is 12.7. The van der Waals surface area contributed by atoms with Crippen LogP contribution in [0.25, 0.3) is 11.3 Å². The Bertz CT molecular complexity index is 850. The molecule has 3 rings (SSSR count). The Labute approximate surface area is 162 Å². The molecule has 1 aromatic heterocycles. The smallest absolute Gasteiger partial charge is 0.233 e. The first-order valence-electron chi connectivity index (χ1n) is 8.62. The summed E-state index contributed by atoms with van der Waals surface area (Å²) in [6, 6.07) is 9.77. The van der Waals surface area contributed by atoms with Gasteiger partial charge >= 0.3 is 0 Å². The minimum Gasteiger partial charge on any atom is -0.338 e. The number of carbonyl (C=O) groups excluding carboxylic acids is 1. The first kappa shape index (κ1) is 19.4. The Morgan fingerprint density at radius 3 is 2.77 bits per heavy atom. The molecule has 8 heteroatoms. The molecular weight excluding hydrogens is 388 g/mol. The highest BCUT2D eigenvalue weighted by Crippen LogP contribution is 2.29. The Hall–Kier alpha value is -1.38. The maximum Gasteiger partial charge on any atom is 0.233 e. The zero-order chi connectivity index (χ0) is 18.6. The van der Waals surface area contributed by atoms with E-state index in [1.807, 2.05) is 42.6 Å². The van der Waals surface area contributed by atoms with Gasteiger partial charge in [-0.3, -0.25) is 4.79 Å². The number of thiazole rings is 1. The number of rotatable bonds is 7. The molecule has 0 spiro atoms. The lowest BCUT2D eigenvalue weighted by Gasteiger charge is -2.27. The van der Waals surface area contributed by atoms with E-state index in [1.165, 1.54) is 23.1 Å². The van der Waals surface area contributed by atoms with Gasteiger partial charge in [-0.2, -0.15) is 0 Å². The number of amides is 1. The molecule has 5 nitrogen and oxygen atoms in total. The van der Waals surface area contributed by atoms with E-state index in [-0.39, 0.29) is 29.2 Å². The highest BCUT2D eigenvalue weighted by molar-refractivity contribution is 8.01. The third-order valence-corrected chi connectivity index (χ3v) is 8.06. The van der Waals surface area contributed by atoms with E-state index >= 15 is 0 Å². The molecule has 0 N–H and O–H groups in total. The second-order valence-electron chi connectivity index (χ2n) is 6.30. The molecule has 26 heavy (non-hydrogen) atoms. The van der Waals surface area contributed by atoms with Crippen LogP contribution < -0.4 is 0 Å². The van der Waals surface area contributed by atoms with Crippen LogP contribution in [0, 0.1) is 0 Å². The van der Waals surface area contributed by atoms with Crippen molar-refractivity contribution in [2.24, 2.45) is 0 Å². The van der Waals surface area contributed by atoms with Gasteiger partial charge in [0.2, 0.25) is 5.91 Å². The molecule has 1 aromatic carbocycles. The van der Waals surface area contributed by atoms with Crippen molar-refractivity contribution in [3.05, 3.63) is 35.7 Å². The fraction of sp³-hybridized carbons (Fsp3) is 0.444. The maximum absolute atomic E-state index is 12.7. The van der Waals surface area contributed by atoms with Crippen LogP contribution in [0.1, 0.15) is 19.8 Å². The second-order valence-corrected chi connectivity index (χ2v) is 10.6. The topological polar surface area (TPSA) is 67.3 Å². The molecule has 0 radical (unpaired) electrons. The van der Waals surface area contributed by atoms with Gasteiger partial charge in [0, 0.05) is 23.5 Å². The molecule has 1 saturated heterocycles. The third-order valence-electron chi connectivity index (χ3n) is 4.31. The van der Waals surface area contributed by atoms with Crippen molar-refractivity contribution in [3.63, 3.8) is 0 Å². The van der Waals surface area contributed by atoms with Gasteiger partial charge in [0.25, 0.3) is 0 Å². The summed E-state index contributed by atoms with van der Waals surface area (Å²) in [6.45, 7) is 2.61. The molecule has 2 heterocycles. The largest absolute Gasteiger partial charge is 0.338 e. The molecule has 1 aliphatic heterocycles. The summed E-state index contributed by atoms with van der Waals surface area (Å²) in [6.07, 6.45) is 1.37. The van der Waals surface area contributed by atoms with Gasteiger partial charge in [0.1, 0.15) is 0 Å². The van der Waals surface area contributed by atoms with E-state index in [4.69, 9.17) is 0 Å². The van der Waals surface area contributed by atoms with Crippen LogP contribution in [0.2, 0.25) is 0 Å². The number of sulfone groups is 1. The summed E-state index contributed by atoms with van der Waals surface area (Å²) in [5, 5.41) is 2.00. The molecule has 1 fully saturated rings. The first-order chi connectivity index (χ1) is 12.5. The van der Waals surface area contributed by atoms with Gasteiger partial charge in [-0.05, 0) is 12.8 Å². The molecular formula is C18H22N2O3S3.